The van der Waals surface area contributed by atoms with Crippen molar-refractivity contribution >= 4 is 5.82 Å². The zero-order chi connectivity index (χ0) is 10.4. The third kappa shape index (κ3) is 3.22. The molecule has 78 valence electrons. The summed E-state index contributed by atoms with van der Waals surface area (Å²) in [5.74, 6) is 1.39. The predicted molar refractivity (Wildman–Crippen MR) is 55.6 cm³/mol. The molecule has 2 N–H and O–H groups in total. The van der Waals surface area contributed by atoms with Gasteiger partial charge in [0.05, 0.1) is 12.7 Å². The fraction of sp³-hybridized carbons (Fsp3) is 0.500. The monoisotopic (exact) mass is 196 g/mol. The van der Waals surface area contributed by atoms with Crippen molar-refractivity contribution in [1.29, 1.82) is 0 Å². The zero-order valence-corrected chi connectivity index (χ0v) is 8.53. The van der Waals surface area contributed by atoms with Crippen molar-refractivity contribution in [3.05, 3.63) is 18.3 Å². The summed E-state index contributed by atoms with van der Waals surface area (Å²) in [4.78, 5) is 4.12. The fourth-order valence-corrected chi connectivity index (χ4v) is 1.05. The third-order valence-corrected chi connectivity index (χ3v) is 1.54. The normalized spacial score (nSPS) is 10.3. The summed E-state index contributed by atoms with van der Waals surface area (Å²) < 4.78 is 5.54. The largest absolute Gasteiger partial charge is 0.487 e. The van der Waals surface area contributed by atoms with E-state index in [1.54, 1.807) is 6.20 Å². The lowest BCUT2D eigenvalue weighted by atomic mass is 10.4. The van der Waals surface area contributed by atoms with Gasteiger partial charge in [-0.25, -0.2) is 4.98 Å². The van der Waals surface area contributed by atoms with Gasteiger partial charge in [0.2, 0.25) is 0 Å². The molecule has 0 spiro atoms. The molecular formula is C10H16N2O2. The van der Waals surface area contributed by atoms with Crippen molar-refractivity contribution in [3.8, 4) is 5.75 Å². The van der Waals surface area contributed by atoms with Crippen LogP contribution in [0.1, 0.15) is 13.8 Å². The molecular weight excluding hydrogens is 180 g/mol. The summed E-state index contributed by atoms with van der Waals surface area (Å²) in [6, 6.07) is 3.68. The highest BCUT2D eigenvalue weighted by molar-refractivity contribution is 5.49. The summed E-state index contributed by atoms with van der Waals surface area (Å²) in [5, 5.41) is 11.7. The number of nitrogens with zero attached hydrogens (tertiary/aromatic N) is 1. The number of pyridine rings is 1. The Labute approximate surface area is 83.9 Å². The van der Waals surface area contributed by atoms with Gasteiger partial charge in [0.1, 0.15) is 0 Å². The molecule has 0 unspecified atom stereocenters. The number of hydrogen-bond acceptors (Lipinski definition) is 4. The van der Waals surface area contributed by atoms with Gasteiger partial charge in [-0.3, -0.25) is 0 Å². The lowest BCUT2D eigenvalue weighted by Gasteiger charge is -2.13. The minimum atomic E-state index is 0.0810. The Morgan fingerprint density at radius 3 is 3.00 bits per heavy atom. The van der Waals surface area contributed by atoms with Crippen LogP contribution in [-0.2, 0) is 0 Å². The van der Waals surface area contributed by atoms with Crippen LogP contribution in [-0.4, -0.2) is 29.3 Å². The van der Waals surface area contributed by atoms with Gasteiger partial charge in [-0.2, -0.15) is 0 Å². The Bertz CT molecular complexity index is 277. The average Bonchev–Trinajstić information content (AvgIpc) is 2.16. The van der Waals surface area contributed by atoms with Gasteiger partial charge in [-0.1, -0.05) is 0 Å². The van der Waals surface area contributed by atoms with Crippen LogP contribution < -0.4 is 10.1 Å². The summed E-state index contributed by atoms with van der Waals surface area (Å²) in [7, 11) is 0. The molecule has 4 nitrogen and oxygen atoms in total. The van der Waals surface area contributed by atoms with Crippen LogP contribution in [0.2, 0.25) is 0 Å². The van der Waals surface area contributed by atoms with E-state index in [9.17, 15) is 0 Å². The average molecular weight is 196 g/mol. The van der Waals surface area contributed by atoms with Crippen molar-refractivity contribution < 1.29 is 9.84 Å². The number of aliphatic hydroxyl groups is 1. The van der Waals surface area contributed by atoms with Crippen LogP contribution in [0.15, 0.2) is 18.3 Å². The molecule has 0 aromatic carbocycles. The summed E-state index contributed by atoms with van der Waals surface area (Å²) in [5.41, 5.74) is 0. The number of rotatable bonds is 5. The molecule has 14 heavy (non-hydrogen) atoms. The van der Waals surface area contributed by atoms with E-state index in [0.29, 0.717) is 12.4 Å². The van der Waals surface area contributed by atoms with Crippen molar-refractivity contribution in [3.63, 3.8) is 0 Å². The van der Waals surface area contributed by atoms with Crippen molar-refractivity contribution in [2.75, 3.05) is 18.5 Å². The van der Waals surface area contributed by atoms with Gasteiger partial charge in [0.15, 0.2) is 11.6 Å². The molecule has 0 aliphatic rings. The maximum Gasteiger partial charge on any atom is 0.168 e. The molecule has 1 rings (SSSR count). The number of hydrogen-bond donors (Lipinski definition) is 2. The Balaban J connectivity index is 2.69. The van der Waals surface area contributed by atoms with Crippen LogP contribution in [0.3, 0.4) is 0 Å². The van der Waals surface area contributed by atoms with Gasteiger partial charge >= 0.3 is 0 Å². The van der Waals surface area contributed by atoms with Gasteiger partial charge in [-0.05, 0) is 26.0 Å². The van der Waals surface area contributed by atoms with E-state index in [-0.39, 0.29) is 12.7 Å². The lowest BCUT2D eigenvalue weighted by molar-refractivity contribution is 0.242. The Kier molecular flexibility index (Phi) is 4.19. The molecule has 0 aliphatic carbocycles. The zero-order valence-electron chi connectivity index (χ0n) is 8.53. The molecule has 0 saturated heterocycles. The van der Waals surface area contributed by atoms with Crippen LogP contribution in [0.5, 0.6) is 5.75 Å². The standard InChI is InChI=1S/C10H16N2O2/c1-8(2)14-9-4-3-5-11-10(9)12-6-7-13/h3-5,8,13H,6-7H2,1-2H3,(H,11,12). The number of ether oxygens (including phenoxy) is 1. The van der Waals surface area contributed by atoms with Crippen molar-refractivity contribution in [2.24, 2.45) is 0 Å². The third-order valence-electron chi connectivity index (χ3n) is 1.54. The minimum absolute atomic E-state index is 0.0810. The highest BCUT2D eigenvalue weighted by Crippen LogP contribution is 2.21. The molecule has 4 heteroatoms. The second-order valence-electron chi connectivity index (χ2n) is 3.17. The lowest BCUT2D eigenvalue weighted by Crippen LogP contribution is -2.11. The quantitative estimate of drug-likeness (QED) is 0.744. The van der Waals surface area contributed by atoms with Crippen molar-refractivity contribution in [1.82, 2.24) is 4.98 Å². The smallest absolute Gasteiger partial charge is 0.168 e. The number of aromatic nitrogens is 1. The maximum atomic E-state index is 8.67. The number of anilines is 1. The van der Waals surface area contributed by atoms with Crippen LogP contribution >= 0.6 is 0 Å². The van der Waals surface area contributed by atoms with E-state index in [1.165, 1.54) is 0 Å². The molecule has 0 bridgehead atoms. The van der Waals surface area contributed by atoms with E-state index in [2.05, 4.69) is 10.3 Å². The first-order valence-corrected chi connectivity index (χ1v) is 4.70. The fourth-order valence-electron chi connectivity index (χ4n) is 1.05. The first-order valence-electron chi connectivity index (χ1n) is 4.70. The van der Waals surface area contributed by atoms with Gasteiger partial charge < -0.3 is 15.2 Å². The minimum Gasteiger partial charge on any atom is -0.487 e. The first-order chi connectivity index (χ1) is 6.74. The number of nitrogens with one attached hydrogen (secondary N) is 1. The summed E-state index contributed by atoms with van der Waals surface area (Å²) in [6.07, 6.45) is 1.81. The van der Waals surface area contributed by atoms with Crippen LogP contribution in [0.4, 0.5) is 5.82 Å². The van der Waals surface area contributed by atoms with Gasteiger partial charge in [-0.15, -0.1) is 0 Å². The molecule has 1 aromatic heterocycles. The van der Waals surface area contributed by atoms with Gasteiger partial charge in [0.25, 0.3) is 0 Å². The molecule has 0 saturated carbocycles. The summed E-state index contributed by atoms with van der Waals surface area (Å²) in [6.45, 7) is 4.48. The van der Waals surface area contributed by atoms with E-state index >= 15 is 0 Å². The van der Waals surface area contributed by atoms with Crippen LogP contribution in [0.25, 0.3) is 0 Å². The van der Waals surface area contributed by atoms with E-state index < -0.39 is 0 Å². The second kappa shape index (κ2) is 5.44. The molecule has 0 fully saturated rings. The van der Waals surface area contributed by atoms with E-state index in [0.717, 1.165) is 5.75 Å². The molecule has 0 aliphatic heterocycles. The molecule has 0 radical (unpaired) electrons. The Morgan fingerprint density at radius 1 is 1.57 bits per heavy atom. The molecule has 0 atom stereocenters. The van der Waals surface area contributed by atoms with Crippen molar-refractivity contribution in [2.45, 2.75) is 20.0 Å². The second-order valence-corrected chi connectivity index (χ2v) is 3.17. The molecule has 0 amide bonds. The molecule has 1 heterocycles. The number of aliphatic hydroxyl groups excluding tert-OH is 1. The Hall–Kier alpha value is -1.29. The summed E-state index contributed by atoms with van der Waals surface area (Å²) >= 11 is 0. The maximum absolute atomic E-state index is 8.67. The Morgan fingerprint density at radius 2 is 2.36 bits per heavy atom. The molecule has 1 aromatic rings. The topological polar surface area (TPSA) is 54.4 Å². The van der Waals surface area contributed by atoms with E-state index in [1.807, 2.05) is 26.0 Å². The predicted octanol–water partition coefficient (Wildman–Crippen LogP) is 1.27. The van der Waals surface area contributed by atoms with E-state index in [4.69, 9.17) is 9.84 Å². The van der Waals surface area contributed by atoms with Crippen LogP contribution in [0, 0.1) is 0 Å². The SMILES string of the molecule is CC(C)Oc1cccnc1NCCO. The first kappa shape index (κ1) is 10.8. The highest BCUT2D eigenvalue weighted by atomic mass is 16.5. The van der Waals surface area contributed by atoms with Gasteiger partial charge in [0, 0.05) is 12.7 Å². The highest BCUT2D eigenvalue weighted by Gasteiger charge is 2.04.